The molecule has 3 heterocycles. The van der Waals surface area contributed by atoms with Crippen molar-refractivity contribution in [1.82, 2.24) is 14.9 Å². The van der Waals surface area contributed by atoms with Crippen LogP contribution in [-0.2, 0) is 4.74 Å². The smallest absolute Gasteiger partial charge is 0.265 e. The lowest BCUT2D eigenvalue weighted by Gasteiger charge is -2.33. The van der Waals surface area contributed by atoms with Gasteiger partial charge in [0.2, 0.25) is 0 Å². The number of aromatic nitrogens is 2. The molecule has 0 spiro atoms. The lowest BCUT2D eigenvalue weighted by Crippen LogP contribution is -2.42. The zero-order valence-corrected chi connectivity index (χ0v) is 15.0. The van der Waals surface area contributed by atoms with E-state index in [1.165, 1.54) is 29.7 Å². The first-order chi connectivity index (χ1) is 13.1. The fraction of sp³-hybridized carbons (Fsp3) is 0.211. The lowest BCUT2D eigenvalue weighted by molar-refractivity contribution is -0.0241. The van der Waals surface area contributed by atoms with Gasteiger partial charge in [-0.1, -0.05) is 12.1 Å². The summed E-state index contributed by atoms with van der Waals surface area (Å²) in [7, 11) is 0. The number of rotatable bonds is 3. The van der Waals surface area contributed by atoms with E-state index in [-0.39, 0.29) is 24.6 Å². The molecular formula is C19H15F2N3O2S. The van der Waals surface area contributed by atoms with Crippen molar-refractivity contribution >= 4 is 17.2 Å². The SMILES string of the molecule is O=C(c1cnc(-c2ccccn2)s1)N1CCO[C@@H](c2ccc(F)cc2F)C1. The first-order valence-corrected chi connectivity index (χ1v) is 9.16. The van der Waals surface area contributed by atoms with Crippen LogP contribution in [0.3, 0.4) is 0 Å². The van der Waals surface area contributed by atoms with Gasteiger partial charge in [-0.2, -0.15) is 0 Å². The zero-order valence-electron chi connectivity index (χ0n) is 14.1. The minimum Gasteiger partial charge on any atom is -0.370 e. The van der Waals surface area contributed by atoms with Gasteiger partial charge < -0.3 is 9.64 Å². The van der Waals surface area contributed by atoms with Crippen molar-refractivity contribution in [1.29, 1.82) is 0 Å². The number of hydrogen-bond donors (Lipinski definition) is 0. The standard InChI is InChI=1S/C19H15F2N3O2S/c20-12-4-5-13(14(21)9-12)16-11-24(7-8-26-16)19(25)17-10-23-18(27-17)15-3-1-2-6-22-15/h1-6,9-10,16H,7-8,11H2/t16-/m1/s1. The Kier molecular flexibility index (Phi) is 4.91. The highest BCUT2D eigenvalue weighted by molar-refractivity contribution is 7.16. The van der Waals surface area contributed by atoms with E-state index in [1.807, 2.05) is 18.2 Å². The van der Waals surface area contributed by atoms with Gasteiger partial charge in [-0.3, -0.25) is 9.78 Å². The first-order valence-electron chi connectivity index (χ1n) is 8.35. The van der Waals surface area contributed by atoms with E-state index in [2.05, 4.69) is 9.97 Å². The van der Waals surface area contributed by atoms with Crippen LogP contribution in [0, 0.1) is 11.6 Å². The molecule has 1 aliphatic rings. The summed E-state index contributed by atoms with van der Waals surface area (Å²) < 4.78 is 32.8. The molecule has 1 saturated heterocycles. The number of pyridine rings is 1. The first kappa shape index (κ1) is 17.7. The normalized spacial score (nSPS) is 17.1. The molecule has 0 N–H and O–H groups in total. The minimum atomic E-state index is -0.676. The lowest BCUT2D eigenvalue weighted by atomic mass is 10.1. The second-order valence-corrected chi connectivity index (χ2v) is 7.05. The minimum absolute atomic E-state index is 0.189. The van der Waals surface area contributed by atoms with Gasteiger partial charge in [0.1, 0.15) is 27.6 Å². The highest BCUT2D eigenvalue weighted by Crippen LogP contribution is 2.28. The molecule has 1 aliphatic heterocycles. The van der Waals surface area contributed by atoms with Crippen molar-refractivity contribution < 1.29 is 18.3 Å². The predicted molar refractivity (Wildman–Crippen MR) is 96.3 cm³/mol. The molecule has 1 amide bonds. The summed E-state index contributed by atoms with van der Waals surface area (Å²) in [4.78, 5) is 23.4. The van der Waals surface area contributed by atoms with Crippen LogP contribution in [0.15, 0.2) is 48.8 Å². The Bertz CT molecular complexity index is 965. The number of morpholine rings is 1. The second kappa shape index (κ2) is 7.50. The molecule has 1 fully saturated rings. The Morgan fingerprint density at radius 3 is 2.89 bits per heavy atom. The predicted octanol–water partition coefficient (Wildman–Crippen LogP) is 3.70. The van der Waals surface area contributed by atoms with Crippen LogP contribution >= 0.6 is 11.3 Å². The number of amides is 1. The number of nitrogens with zero attached hydrogens (tertiary/aromatic N) is 3. The number of hydrogen-bond acceptors (Lipinski definition) is 5. The fourth-order valence-electron chi connectivity index (χ4n) is 2.92. The van der Waals surface area contributed by atoms with Gasteiger partial charge in [-0.15, -0.1) is 11.3 Å². The van der Waals surface area contributed by atoms with Crippen molar-refractivity contribution in [3.05, 3.63) is 70.9 Å². The quantitative estimate of drug-likeness (QED) is 0.688. The highest BCUT2D eigenvalue weighted by atomic mass is 32.1. The Morgan fingerprint density at radius 2 is 2.11 bits per heavy atom. The number of carbonyl (C=O) groups is 1. The fourth-order valence-corrected chi connectivity index (χ4v) is 3.78. The Balaban J connectivity index is 1.51. The van der Waals surface area contributed by atoms with Crippen LogP contribution in [0.4, 0.5) is 8.78 Å². The molecule has 1 aromatic carbocycles. The Hall–Kier alpha value is -2.71. The highest BCUT2D eigenvalue weighted by Gasteiger charge is 2.29. The summed E-state index contributed by atoms with van der Waals surface area (Å²) in [6, 6.07) is 8.86. The molecule has 0 aliphatic carbocycles. The van der Waals surface area contributed by atoms with Crippen molar-refractivity contribution in [2.75, 3.05) is 19.7 Å². The van der Waals surface area contributed by atoms with E-state index in [4.69, 9.17) is 4.74 Å². The maximum Gasteiger partial charge on any atom is 0.265 e. The van der Waals surface area contributed by atoms with Gasteiger partial charge in [-0.25, -0.2) is 13.8 Å². The van der Waals surface area contributed by atoms with Gasteiger partial charge in [0, 0.05) is 24.4 Å². The summed E-state index contributed by atoms with van der Waals surface area (Å²) >= 11 is 1.26. The number of ether oxygens (including phenoxy) is 1. The molecular weight excluding hydrogens is 372 g/mol. The van der Waals surface area contributed by atoms with Crippen molar-refractivity contribution in [2.24, 2.45) is 0 Å². The topological polar surface area (TPSA) is 55.3 Å². The maximum atomic E-state index is 14.0. The largest absolute Gasteiger partial charge is 0.370 e. The number of halogens is 2. The third kappa shape index (κ3) is 3.72. The molecule has 8 heteroatoms. The molecule has 1 atom stereocenters. The molecule has 2 aromatic heterocycles. The molecule has 4 rings (SSSR count). The van der Waals surface area contributed by atoms with E-state index >= 15 is 0 Å². The summed E-state index contributed by atoms with van der Waals surface area (Å²) in [5, 5.41) is 0.660. The average Bonchev–Trinajstić information content (AvgIpc) is 3.18. The van der Waals surface area contributed by atoms with Crippen LogP contribution in [-0.4, -0.2) is 40.5 Å². The van der Waals surface area contributed by atoms with Gasteiger partial charge in [0.05, 0.1) is 25.0 Å². The number of benzene rings is 1. The van der Waals surface area contributed by atoms with E-state index < -0.39 is 17.7 Å². The van der Waals surface area contributed by atoms with E-state index in [0.29, 0.717) is 22.1 Å². The molecule has 0 unspecified atom stereocenters. The van der Waals surface area contributed by atoms with Gasteiger partial charge >= 0.3 is 0 Å². The second-order valence-electron chi connectivity index (χ2n) is 6.02. The van der Waals surface area contributed by atoms with E-state index in [9.17, 15) is 13.6 Å². The van der Waals surface area contributed by atoms with Crippen molar-refractivity contribution in [3.8, 4) is 10.7 Å². The summed E-state index contributed by atoms with van der Waals surface area (Å²) in [6.45, 7) is 0.867. The summed E-state index contributed by atoms with van der Waals surface area (Å²) in [5.74, 6) is -1.51. The van der Waals surface area contributed by atoms with Gasteiger partial charge in [0.25, 0.3) is 5.91 Å². The Morgan fingerprint density at radius 1 is 1.22 bits per heavy atom. The maximum absolute atomic E-state index is 14.0. The number of thiazole rings is 1. The Labute approximate surface area is 158 Å². The van der Waals surface area contributed by atoms with E-state index in [1.54, 1.807) is 11.1 Å². The molecule has 0 saturated carbocycles. The average molecular weight is 387 g/mol. The van der Waals surface area contributed by atoms with Crippen LogP contribution in [0.5, 0.6) is 0 Å². The van der Waals surface area contributed by atoms with Crippen molar-refractivity contribution in [2.45, 2.75) is 6.10 Å². The monoisotopic (exact) mass is 387 g/mol. The molecule has 3 aromatic rings. The van der Waals surface area contributed by atoms with Crippen LogP contribution in [0.1, 0.15) is 21.3 Å². The van der Waals surface area contributed by atoms with Gasteiger partial charge in [-0.05, 0) is 18.2 Å². The zero-order chi connectivity index (χ0) is 18.8. The molecule has 5 nitrogen and oxygen atoms in total. The van der Waals surface area contributed by atoms with E-state index in [0.717, 1.165) is 6.07 Å². The summed E-state index contributed by atoms with van der Waals surface area (Å²) in [6.07, 6.45) is 2.56. The molecule has 27 heavy (non-hydrogen) atoms. The van der Waals surface area contributed by atoms with Crippen LogP contribution < -0.4 is 0 Å². The molecule has 138 valence electrons. The van der Waals surface area contributed by atoms with Crippen LogP contribution in [0.2, 0.25) is 0 Å². The van der Waals surface area contributed by atoms with Crippen molar-refractivity contribution in [3.63, 3.8) is 0 Å². The number of carbonyl (C=O) groups excluding carboxylic acids is 1. The third-order valence-electron chi connectivity index (χ3n) is 4.26. The van der Waals surface area contributed by atoms with Gasteiger partial charge in [0.15, 0.2) is 0 Å². The summed E-state index contributed by atoms with van der Waals surface area (Å²) in [5.41, 5.74) is 0.946. The molecule has 0 radical (unpaired) electrons. The molecule has 0 bridgehead atoms. The third-order valence-corrected chi connectivity index (χ3v) is 5.27. The van der Waals surface area contributed by atoms with Crippen LogP contribution in [0.25, 0.3) is 10.7 Å².